The second kappa shape index (κ2) is 10.6. The van der Waals surface area contributed by atoms with E-state index in [2.05, 4.69) is 33.2 Å². The number of aromatic nitrogens is 2. The summed E-state index contributed by atoms with van der Waals surface area (Å²) in [6.45, 7) is 7.00. The van der Waals surface area contributed by atoms with E-state index in [4.69, 9.17) is 11.6 Å². The second-order valence-electron chi connectivity index (χ2n) is 11.1. The quantitative estimate of drug-likeness (QED) is 0.324. The molecule has 2 fully saturated rings. The average Bonchev–Trinajstić information content (AvgIpc) is 3.54. The highest BCUT2D eigenvalue weighted by Gasteiger charge is 2.34. The van der Waals surface area contributed by atoms with Gasteiger partial charge in [0.1, 0.15) is 0 Å². The smallest absolute Gasteiger partial charge is 0.243 e. The van der Waals surface area contributed by atoms with Crippen molar-refractivity contribution in [2.75, 3.05) is 26.2 Å². The molecule has 5 heterocycles. The number of nitrogens with zero attached hydrogens (tertiary/aromatic N) is 5. The summed E-state index contributed by atoms with van der Waals surface area (Å²) in [5, 5.41) is 15.2. The van der Waals surface area contributed by atoms with Gasteiger partial charge in [-0.1, -0.05) is 11.6 Å². The summed E-state index contributed by atoms with van der Waals surface area (Å²) in [6, 6.07) is 12.7. The largest absolute Gasteiger partial charge is 0.345 e. The first-order valence-electron chi connectivity index (χ1n) is 13.6. The number of pyridine rings is 1. The van der Waals surface area contributed by atoms with E-state index in [0.29, 0.717) is 11.6 Å². The summed E-state index contributed by atoms with van der Waals surface area (Å²) >= 11 is 8.16. The monoisotopic (exact) mass is 574 g/mol. The Balaban J connectivity index is 1.38. The number of hydrogen-bond donors (Lipinski definition) is 1. The van der Waals surface area contributed by atoms with Gasteiger partial charge in [0.25, 0.3) is 0 Å². The zero-order valence-electron chi connectivity index (χ0n) is 22.6. The number of halogens is 1. The first kappa shape index (κ1) is 26.9. The van der Waals surface area contributed by atoms with E-state index < -0.39 is 5.41 Å². The molecule has 1 N–H and O–H groups in total. The third kappa shape index (κ3) is 4.90. The number of amides is 2. The van der Waals surface area contributed by atoms with Gasteiger partial charge in [-0.15, -0.1) is 11.3 Å². The number of nitrogens with one attached hydrogen (secondary N) is 1. The Labute approximate surface area is 242 Å². The molecule has 2 aliphatic rings. The first-order chi connectivity index (χ1) is 19.3. The topological polar surface area (TPSA) is 94.3 Å². The van der Waals surface area contributed by atoms with Crippen LogP contribution < -0.4 is 5.32 Å². The molecule has 0 spiro atoms. The van der Waals surface area contributed by atoms with Gasteiger partial charge in [-0.2, -0.15) is 5.26 Å². The van der Waals surface area contributed by atoms with Crippen molar-refractivity contribution >= 4 is 55.9 Å². The van der Waals surface area contributed by atoms with Crippen molar-refractivity contribution < 1.29 is 9.59 Å². The molecule has 6 rings (SSSR count). The van der Waals surface area contributed by atoms with E-state index >= 15 is 0 Å². The number of piperazine rings is 1. The summed E-state index contributed by atoms with van der Waals surface area (Å²) in [7, 11) is 0. The molecule has 2 aliphatic heterocycles. The fourth-order valence-electron chi connectivity index (χ4n) is 5.87. The van der Waals surface area contributed by atoms with E-state index in [1.165, 1.54) is 4.90 Å². The lowest BCUT2D eigenvalue weighted by Crippen LogP contribution is -2.55. The van der Waals surface area contributed by atoms with Crippen LogP contribution in [0.3, 0.4) is 0 Å². The predicted molar refractivity (Wildman–Crippen MR) is 158 cm³/mol. The number of rotatable bonds is 6. The van der Waals surface area contributed by atoms with Gasteiger partial charge in [0, 0.05) is 51.4 Å². The molecule has 8 nitrogen and oxygen atoms in total. The molecule has 10 heteroatoms. The maximum Gasteiger partial charge on any atom is 0.243 e. The van der Waals surface area contributed by atoms with Gasteiger partial charge in [0.15, 0.2) is 0 Å². The van der Waals surface area contributed by atoms with Crippen LogP contribution in [0, 0.1) is 16.7 Å². The third-order valence-electron chi connectivity index (χ3n) is 8.17. The Morgan fingerprint density at radius 1 is 1.12 bits per heavy atom. The SMILES string of the molecule is CC(C)N1CC(=O)N(Cc2cc3nccc(-c4cc(Cl)cc5ccn(CC6(C#N)CCNCC6)c45)c3s2)C(=O)C1. The zero-order chi connectivity index (χ0) is 28.0. The van der Waals surface area contributed by atoms with Crippen molar-refractivity contribution in [2.24, 2.45) is 5.41 Å². The highest BCUT2D eigenvalue weighted by atomic mass is 35.5. The molecule has 4 aromatic rings. The molecule has 0 saturated carbocycles. The van der Waals surface area contributed by atoms with Crippen molar-refractivity contribution in [1.29, 1.82) is 5.26 Å². The minimum atomic E-state index is -0.420. The van der Waals surface area contributed by atoms with Crippen LogP contribution in [0.15, 0.2) is 42.7 Å². The predicted octanol–water partition coefficient (Wildman–Crippen LogP) is 5.04. The van der Waals surface area contributed by atoms with Gasteiger partial charge >= 0.3 is 0 Å². The molecule has 3 aromatic heterocycles. The third-order valence-corrected chi connectivity index (χ3v) is 9.53. The van der Waals surface area contributed by atoms with Gasteiger partial charge in [-0.25, -0.2) is 0 Å². The van der Waals surface area contributed by atoms with Crippen LogP contribution in [0.1, 0.15) is 31.6 Å². The summed E-state index contributed by atoms with van der Waals surface area (Å²) in [5.74, 6) is -0.344. The Morgan fingerprint density at radius 3 is 2.58 bits per heavy atom. The summed E-state index contributed by atoms with van der Waals surface area (Å²) in [5.41, 5.74) is 3.41. The van der Waals surface area contributed by atoms with Crippen LogP contribution in [0.2, 0.25) is 5.02 Å². The summed E-state index contributed by atoms with van der Waals surface area (Å²) in [6.07, 6.45) is 5.46. The maximum atomic E-state index is 12.8. The first-order valence-corrected chi connectivity index (χ1v) is 14.8. The van der Waals surface area contributed by atoms with Gasteiger partial charge in [-0.05, 0) is 70.1 Å². The average molecular weight is 575 g/mol. The Morgan fingerprint density at radius 2 is 1.88 bits per heavy atom. The van der Waals surface area contributed by atoms with Crippen LogP contribution in [0.5, 0.6) is 0 Å². The number of imide groups is 1. The molecule has 206 valence electrons. The summed E-state index contributed by atoms with van der Waals surface area (Å²) < 4.78 is 3.17. The van der Waals surface area contributed by atoms with Gasteiger partial charge in [0.2, 0.25) is 11.8 Å². The molecule has 0 atom stereocenters. The van der Waals surface area contributed by atoms with Crippen LogP contribution in [0.25, 0.3) is 32.2 Å². The molecule has 1 aromatic carbocycles. The van der Waals surface area contributed by atoms with E-state index in [-0.39, 0.29) is 37.5 Å². The zero-order valence-corrected chi connectivity index (χ0v) is 24.2. The number of carbonyl (C=O) groups is 2. The van der Waals surface area contributed by atoms with Gasteiger partial charge in [-0.3, -0.25) is 24.4 Å². The molecular weight excluding hydrogens is 544 g/mol. The van der Waals surface area contributed by atoms with Crippen molar-refractivity contribution in [1.82, 2.24) is 24.7 Å². The molecular formula is C30H31ClN6O2S. The van der Waals surface area contributed by atoms with E-state index in [9.17, 15) is 14.9 Å². The number of nitriles is 1. The van der Waals surface area contributed by atoms with Gasteiger partial charge in [0.05, 0.1) is 46.9 Å². The number of fused-ring (bicyclic) bond motifs is 2. The molecule has 0 unspecified atom stereocenters. The van der Waals surface area contributed by atoms with E-state index in [1.54, 1.807) is 17.5 Å². The molecule has 0 aliphatic carbocycles. The molecule has 0 bridgehead atoms. The molecule has 40 heavy (non-hydrogen) atoms. The summed E-state index contributed by atoms with van der Waals surface area (Å²) in [4.78, 5) is 34.5. The van der Waals surface area contributed by atoms with Crippen LogP contribution in [0.4, 0.5) is 0 Å². The number of benzene rings is 1. The van der Waals surface area contributed by atoms with Crippen molar-refractivity contribution in [3.05, 3.63) is 52.6 Å². The second-order valence-corrected chi connectivity index (χ2v) is 12.7. The minimum absolute atomic E-state index is 0.137. The number of carbonyl (C=O) groups excluding carboxylic acids is 2. The fourth-order valence-corrected chi connectivity index (χ4v) is 7.23. The Kier molecular flexibility index (Phi) is 7.13. The molecule has 2 amide bonds. The molecule has 2 saturated heterocycles. The lowest BCUT2D eigenvalue weighted by atomic mass is 9.80. The van der Waals surface area contributed by atoms with Gasteiger partial charge < -0.3 is 9.88 Å². The van der Waals surface area contributed by atoms with Crippen LogP contribution >= 0.6 is 22.9 Å². The van der Waals surface area contributed by atoms with E-state index in [0.717, 1.165) is 63.1 Å². The van der Waals surface area contributed by atoms with Crippen molar-refractivity contribution in [3.8, 4) is 17.2 Å². The number of hydrogen-bond acceptors (Lipinski definition) is 7. The standard InChI is InChI=1S/C30H31ClN6O2S/c1-19(2)36-15-26(38)37(27(39)16-36)14-22-13-25-29(40-22)23(3-7-34-25)24-12-21(31)11-20-4-10-35(28(20)24)18-30(17-32)5-8-33-9-6-30/h3-4,7,10-13,19,33H,5-6,8-9,14-16,18H2,1-2H3. The minimum Gasteiger partial charge on any atom is -0.345 e. The number of thiophene rings is 1. The maximum absolute atomic E-state index is 12.8. The van der Waals surface area contributed by atoms with E-state index in [1.807, 2.05) is 43.0 Å². The van der Waals surface area contributed by atoms with Crippen LogP contribution in [-0.2, 0) is 22.7 Å². The van der Waals surface area contributed by atoms with Crippen molar-refractivity contribution in [2.45, 2.75) is 45.8 Å². The lowest BCUT2D eigenvalue weighted by molar-refractivity contribution is -0.152. The Bertz CT molecular complexity index is 1640. The normalized spacial score (nSPS) is 18.2. The highest BCUT2D eigenvalue weighted by Crippen LogP contribution is 2.41. The molecule has 0 radical (unpaired) electrons. The lowest BCUT2D eigenvalue weighted by Gasteiger charge is -2.34. The Hall–Kier alpha value is -3.29. The fraction of sp³-hybridized carbons (Fsp3) is 0.400. The number of piperidine rings is 1. The van der Waals surface area contributed by atoms with Crippen molar-refractivity contribution in [3.63, 3.8) is 0 Å². The van der Waals surface area contributed by atoms with Crippen LogP contribution in [-0.4, -0.2) is 63.4 Å². The highest BCUT2D eigenvalue weighted by molar-refractivity contribution is 7.19.